The van der Waals surface area contributed by atoms with Crippen molar-refractivity contribution in [3.8, 4) is 5.75 Å². The van der Waals surface area contributed by atoms with E-state index in [0.717, 1.165) is 25.0 Å². The zero-order valence-electron chi connectivity index (χ0n) is 12.2. The Hall–Kier alpha value is -1.55. The molecule has 0 aromatic heterocycles. The summed E-state index contributed by atoms with van der Waals surface area (Å²) in [7, 11) is 0. The van der Waals surface area contributed by atoms with Gasteiger partial charge in [0.1, 0.15) is 5.75 Å². The summed E-state index contributed by atoms with van der Waals surface area (Å²) in [6.07, 6.45) is 3.22. The normalized spacial score (nSPS) is 19.1. The Morgan fingerprint density at radius 3 is 2.95 bits per heavy atom. The lowest BCUT2D eigenvalue weighted by Gasteiger charge is -2.23. The largest absolute Gasteiger partial charge is 0.479 e. The standard InChI is InChI=1S/C16H23NO3/c1-3-15(16(18)19-4-2)20-12-8-9-13-11(10-12)6-5-7-14(13)17/h8-10,14-15H,3-7,17H2,1-2H3. The second-order valence-corrected chi connectivity index (χ2v) is 5.13. The van der Waals surface area contributed by atoms with Crippen LogP contribution < -0.4 is 10.5 Å². The molecule has 0 aliphatic heterocycles. The molecule has 0 spiro atoms. The molecule has 1 aliphatic rings. The Morgan fingerprint density at radius 1 is 1.45 bits per heavy atom. The van der Waals surface area contributed by atoms with Gasteiger partial charge in [-0.3, -0.25) is 0 Å². The Labute approximate surface area is 120 Å². The van der Waals surface area contributed by atoms with E-state index in [2.05, 4.69) is 0 Å². The third-order valence-corrected chi connectivity index (χ3v) is 3.67. The van der Waals surface area contributed by atoms with Gasteiger partial charge in [-0.15, -0.1) is 0 Å². The van der Waals surface area contributed by atoms with Crippen molar-refractivity contribution in [1.82, 2.24) is 0 Å². The molecule has 0 fully saturated rings. The minimum atomic E-state index is -0.537. The van der Waals surface area contributed by atoms with Gasteiger partial charge >= 0.3 is 5.97 Å². The topological polar surface area (TPSA) is 61.5 Å². The molecule has 20 heavy (non-hydrogen) atoms. The number of carbonyl (C=O) groups excluding carboxylic acids is 1. The van der Waals surface area contributed by atoms with Gasteiger partial charge in [-0.05, 0) is 55.9 Å². The first-order valence-electron chi connectivity index (χ1n) is 7.37. The fourth-order valence-corrected chi connectivity index (χ4v) is 2.60. The first-order valence-corrected chi connectivity index (χ1v) is 7.37. The summed E-state index contributed by atoms with van der Waals surface area (Å²) in [4.78, 5) is 11.8. The fraction of sp³-hybridized carbons (Fsp3) is 0.562. The molecule has 2 atom stereocenters. The van der Waals surface area contributed by atoms with E-state index in [-0.39, 0.29) is 12.0 Å². The SMILES string of the molecule is CCOC(=O)C(CC)Oc1ccc2c(c1)CCCC2N. The average molecular weight is 277 g/mol. The highest BCUT2D eigenvalue weighted by atomic mass is 16.6. The number of rotatable bonds is 5. The lowest BCUT2D eigenvalue weighted by atomic mass is 9.88. The molecule has 0 saturated heterocycles. The number of benzene rings is 1. The molecule has 1 aromatic carbocycles. The average Bonchev–Trinajstić information content (AvgIpc) is 2.45. The molecular formula is C16H23NO3. The van der Waals surface area contributed by atoms with E-state index < -0.39 is 6.10 Å². The number of aryl methyl sites for hydroxylation is 1. The van der Waals surface area contributed by atoms with E-state index in [9.17, 15) is 4.79 Å². The number of nitrogens with two attached hydrogens (primary N) is 1. The minimum Gasteiger partial charge on any atom is -0.479 e. The Kier molecular flexibility index (Phi) is 5.01. The van der Waals surface area contributed by atoms with E-state index >= 15 is 0 Å². The van der Waals surface area contributed by atoms with Gasteiger partial charge in [0.05, 0.1) is 6.61 Å². The molecule has 2 N–H and O–H groups in total. The first-order chi connectivity index (χ1) is 9.65. The molecule has 0 radical (unpaired) electrons. The third kappa shape index (κ3) is 3.31. The van der Waals surface area contributed by atoms with Crippen LogP contribution in [0.5, 0.6) is 5.75 Å². The van der Waals surface area contributed by atoms with Crippen molar-refractivity contribution < 1.29 is 14.3 Å². The van der Waals surface area contributed by atoms with Crippen LogP contribution in [0.25, 0.3) is 0 Å². The second kappa shape index (κ2) is 6.75. The highest BCUT2D eigenvalue weighted by Gasteiger charge is 2.21. The summed E-state index contributed by atoms with van der Waals surface area (Å²) >= 11 is 0. The second-order valence-electron chi connectivity index (χ2n) is 5.13. The van der Waals surface area contributed by atoms with Crippen LogP contribution in [0.3, 0.4) is 0 Å². The maximum absolute atomic E-state index is 11.8. The van der Waals surface area contributed by atoms with Crippen molar-refractivity contribution in [1.29, 1.82) is 0 Å². The van der Waals surface area contributed by atoms with E-state index in [1.165, 1.54) is 11.1 Å². The third-order valence-electron chi connectivity index (χ3n) is 3.67. The predicted octanol–water partition coefficient (Wildman–Crippen LogP) is 2.74. The van der Waals surface area contributed by atoms with E-state index in [4.69, 9.17) is 15.2 Å². The van der Waals surface area contributed by atoms with Crippen LogP contribution in [0.4, 0.5) is 0 Å². The maximum atomic E-state index is 11.8. The van der Waals surface area contributed by atoms with Crippen LogP contribution in [-0.4, -0.2) is 18.7 Å². The Morgan fingerprint density at radius 2 is 2.25 bits per heavy atom. The van der Waals surface area contributed by atoms with Crippen molar-refractivity contribution in [3.05, 3.63) is 29.3 Å². The molecule has 4 heteroatoms. The summed E-state index contributed by atoms with van der Waals surface area (Å²) in [6, 6.07) is 6.05. The van der Waals surface area contributed by atoms with Crippen molar-refractivity contribution in [2.45, 2.75) is 51.7 Å². The molecule has 2 rings (SSSR count). The van der Waals surface area contributed by atoms with Crippen molar-refractivity contribution in [2.24, 2.45) is 5.73 Å². The molecule has 1 aliphatic carbocycles. The molecule has 1 aromatic rings. The summed E-state index contributed by atoms with van der Waals surface area (Å²) in [5.41, 5.74) is 8.53. The molecule has 0 saturated carbocycles. The number of hydrogen-bond acceptors (Lipinski definition) is 4. The monoisotopic (exact) mass is 277 g/mol. The van der Waals surface area contributed by atoms with Crippen LogP contribution in [0, 0.1) is 0 Å². The molecule has 4 nitrogen and oxygen atoms in total. The number of ether oxygens (including phenoxy) is 2. The maximum Gasteiger partial charge on any atom is 0.347 e. The van der Waals surface area contributed by atoms with E-state index in [1.54, 1.807) is 6.92 Å². The summed E-state index contributed by atoms with van der Waals surface area (Å²) in [6.45, 7) is 4.08. The Balaban J connectivity index is 2.11. The quantitative estimate of drug-likeness (QED) is 0.841. The summed E-state index contributed by atoms with van der Waals surface area (Å²) in [5, 5.41) is 0. The zero-order valence-corrected chi connectivity index (χ0v) is 12.2. The molecular weight excluding hydrogens is 254 g/mol. The van der Waals surface area contributed by atoms with Gasteiger partial charge in [0.2, 0.25) is 0 Å². The van der Waals surface area contributed by atoms with Gasteiger partial charge < -0.3 is 15.2 Å². The van der Waals surface area contributed by atoms with Gasteiger partial charge in [0, 0.05) is 6.04 Å². The molecule has 0 bridgehead atoms. The van der Waals surface area contributed by atoms with Crippen molar-refractivity contribution in [2.75, 3.05) is 6.61 Å². The van der Waals surface area contributed by atoms with E-state index in [0.29, 0.717) is 13.0 Å². The summed E-state index contributed by atoms with van der Waals surface area (Å²) in [5.74, 6) is 0.419. The van der Waals surface area contributed by atoms with E-state index in [1.807, 2.05) is 25.1 Å². The van der Waals surface area contributed by atoms with Gasteiger partial charge in [-0.1, -0.05) is 13.0 Å². The van der Waals surface area contributed by atoms with Crippen molar-refractivity contribution in [3.63, 3.8) is 0 Å². The molecule has 0 amide bonds. The van der Waals surface area contributed by atoms with Gasteiger partial charge in [0.15, 0.2) is 6.10 Å². The molecule has 110 valence electrons. The lowest BCUT2D eigenvalue weighted by Crippen LogP contribution is -2.28. The molecule has 0 heterocycles. The number of esters is 1. The fourth-order valence-electron chi connectivity index (χ4n) is 2.60. The van der Waals surface area contributed by atoms with Crippen LogP contribution in [0.1, 0.15) is 50.3 Å². The number of fused-ring (bicyclic) bond motifs is 1. The Bertz CT molecular complexity index is 473. The number of carbonyl (C=O) groups is 1. The lowest BCUT2D eigenvalue weighted by molar-refractivity contribution is -0.151. The summed E-state index contributed by atoms with van der Waals surface area (Å²) < 4.78 is 10.8. The highest BCUT2D eigenvalue weighted by molar-refractivity contribution is 5.75. The minimum absolute atomic E-state index is 0.125. The number of hydrogen-bond donors (Lipinski definition) is 1. The highest BCUT2D eigenvalue weighted by Crippen LogP contribution is 2.31. The predicted molar refractivity (Wildman–Crippen MR) is 77.6 cm³/mol. The van der Waals surface area contributed by atoms with Crippen LogP contribution in [-0.2, 0) is 16.0 Å². The zero-order chi connectivity index (χ0) is 14.5. The first kappa shape index (κ1) is 14.9. The van der Waals surface area contributed by atoms with Gasteiger partial charge in [-0.25, -0.2) is 4.79 Å². The van der Waals surface area contributed by atoms with Gasteiger partial charge in [0.25, 0.3) is 0 Å². The van der Waals surface area contributed by atoms with Crippen molar-refractivity contribution >= 4 is 5.97 Å². The smallest absolute Gasteiger partial charge is 0.347 e. The van der Waals surface area contributed by atoms with Crippen LogP contribution in [0.2, 0.25) is 0 Å². The van der Waals surface area contributed by atoms with Crippen LogP contribution in [0.15, 0.2) is 18.2 Å². The van der Waals surface area contributed by atoms with Gasteiger partial charge in [-0.2, -0.15) is 0 Å². The van der Waals surface area contributed by atoms with Crippen LogP contribution >= 0.6 is 0 Å². The molecule has 2 unspecified atom stereocenters.